The van der Waals surface area contributed by atoms with Crippen LogP contribution in [0.15, 0.2) is 12.2 Å². The monoisotopic (exact) mass is 289 g/mol. The minimum atomic E-state index is -0.715. The third kappa shape index (κ3) is 8.97. The summed E-state index contributed by atoms with van der Waals surface area (Å²) in [5.41, 5.74) is 5.42. The maximum Gasteiger partial charge on any atom is 0.330 e. The van der Waals surface area contributed by atoms with E-state index in [4.69, 9.17) is 5.73 Å². The molecule has 0 aromatic rings. The molecule has 0 amide bonds. The van der Waals surface area contributed by atoms with Crippen molar-refractivity contribution in [2.75, 3.05) is 7.11 Å². The highest BCUT2D eigenvalue weighted by Crippen LogP contribution is 2.09. The quantitative estimate of drug-likeness (QED) is 0.417. The largest absolute Gasteiger partial charge is 0.466 e. The van der Waals surface area contributed by atoms with E-state index in [1.165, 1.54) is 14.0 Å². The van der Waals surface area contributed by atoms with Crippen LogP contribution in [0.4, 0.5) is 0 Å². The Morgan fingerprint density at radius 1 is 1.26 bits per heavy atom. The topological polar surface area (TPSA) is 113 Å². The number of ether oxygens (including phenoxy) is 1. The van der Waals surface area contributed by atoms with Crippen LogP contribution < -0.4 is 5.73 Å². The fourth-order valence-electron chi connectivity index (χ4n) is 0.838. The van der Waals surface area contributed by atoms with Crippen molar-refractivity contribution >= 4 is 34.9 Å². The normalized spacial score (nSPS) is 11.9. The van der Waals surface area contributed by atoms with E-state index >= 15 is 0 Å². The van der Waals surface area contributed by atoms with E-state index in [2.05, 4.69) is 8.92 Å². The Hall–Kier alpha value is -1.67. The second kappa shape index (κ2) is 9.29. The summed E-state index contributed by atoms with van der Waals surface area (Å²) in [6.45, 7) is 1.33. The van der Waals surface area contributed by atoms with Crippen LogP contribution in [-0.2, 0) is 28.1 Å². The van der Waals surface area contributed by atoms with Crippen LogP contribution in [0.2, 0.25) is 0 Å². The highest BCUT2D eigenvalue weighted by molar-refractivity contribution is 8.10. The lowest BCUT2D eigenvalue weighted by Crippen LogP contribution is -2.28. The van der Waals surface area contributed by atoms with Gasteiger partial charge in [-0.3, -0.25) is 14.4 Å². The number of ketones is 1. The van der Waals surface area contributed by atoms with Gasteiger partial charge in [-0.2, -0.15) is 0 Å². The van der Waals surface area contributed by atoms with Gasteiger partial charge in [0.15, 0.2) is 0 Å². The summed E-state index contributed by atoms with van der Waals surface area (Å²) in [6.07, 6.45) is 1.92. The molecule has 0 aromatic carbocycles. The third-order valence-corrected chi connectivity index (χ3v) is 2.52. The van der Waals surface area contributed by atoms with Crippen molar-refractivity contribution < 1.29 is 28.1 Å². The molecule has 7 nitrogen and oxygen atoms in total. The molecular weight excluding hydrogens is 274 g/mol. The first-order valence-corrected chi connectivity index (χ1v) is 6.04. The second-order valence-corrected chi connectivity index (χ2v) is 4.21. The van der Waals surface area contributed by atoms with Gasteiger partial charge in [-0.05, 0) is 13.3 Å². The Morgan fingerprint density at radius 2 is 1.89 bits per heavy atom. The maximum atomic E-state index is 11.2. The Balaban J connectivity index is 3.91. The second-order valence-electron chi connectivity index (χ2n) is 3.47. The zero-order chi connectivity index (χ0) is 14.8. The molecule has 1 atom stereocenters. The molecule has 0 aliphatic heterocycles. The molecule has 0 spiro atoms. The van der Waals surface area contributed by atoms with Gasteiger partial charge in [0.1, 0.15) is 17.8 Å². The van der Waals surface area contributed by atoms with E-state index in [9.17, 15) is 19.2 Å². The number of nitrogens with two attached hydrogens (primary N) is 1. The number of rotatable bonds is 6. The third-order valence-electron chi connectivity index (χ3n) is 1.96. The molecular formula is C11H15NO6S. The minimum Gasteiger partial charge on any atom is -0.466 e. The number of Topliss-reactive ketones (excluding diaryl/α,β-unsaturated/α-hetero) is 1. The molecule has 19 heavy (non-hydrogen) atoms. The molecule has 0 radical (unpaired) electrons. The molecule has 1 unspecified atom stereocenters. The smallest absolute Gasteiger partial charge is 0.330 e. The Bertz CT molecular complexity index is 393. The standard InChI is InChI=1S/C11H15NO6S/c1-7(13)8(12)3-4-10(15)18-19-11(16)6-5-9(14)17-2/h5-6,8H,3-4,12H2,1-2H3/b6-5+. The van der Waals surface area contributed by atoms with E-state index < -0.39 is 23.1 Å². The average Bonchev–Trinajstić information content (AvgIpc) is 2.39. The first-order chi connectivity index (χ1) is 8.86. The molecule has 0 aliphatic rings. The van der Waals surface area contributed by atoms with Gasteiger partial charge >= 0.3 is 11.9 Å². The zero-order valence-corrected chi connectivity index (χ0v) is 11.4. The molecule has 0 rings (SSSR count). The van der Waals surface area contributed by atoms with Crippen molar-refractivity contribution in [2.45, 2.75) is 25.8 Å². The number of carbonyl (C=O) groups is 4. The first-order valence-electron chi connectivity index (χ1n) is 5.30. The molecule has 106 valence electrons. The lowest BCUT2D eigenvalue weighted by molar-refractivity contribution is -0.135. The Morgan fingerprint density at radius 3 is 2.42 bits per heavy atom. The summed E-state index contributed by atoms with van der Waals surface area (Å²) in [7, 11) is 1.17. The predicted octanol–water partition coefficient (Wildman–Crippen LogP) is 0.130. The van der Waals surface area contributed by atoms with Gasteiger partial charge < -0.3 is 14.7 Å². The van der Waals surface area contributed by atoms with E-state index in [-0.39, 0.29) is 30.7 Å². The van der Waals surface area contributed by atoms with Crippen molar-refractivity contribution in [3.8, 4) is 0 Å². The van der Waals surface area contributed by atoms with Crippen molar-refractivity contribution in [1.82, 2.24) is 0 Å². The number of hydrogen-bond donors (Lipinski definition) is 1. The van der Waals surface area contributed by atoms with E-state index in [0.29, 0.717) is 0 Å². The van der Waals surface area contributed by atoms with Crippen LogP contribution >= 0.6 is 12.0 Å². The summed E-state index contributed by atoms with van der Waals surface area (Å²) in [4.78, 5) is 43.8. The van der Waals surface area contributed by atoms with Crippen molar-refractivity contribution in [3.63, 3.8) is 0 Å². The molecule has 0 saturated carbocycles. The zero-order valence-electron chi connectivity index (χ0n) is 10.6. The highest BCUT2D eigenvalue weighted by Gasteiger charge is 2.13. The van der Waals surface area contributed by atoms with Crippen LogP contribution in [0.25, 0.3) is 0 Å². The molecule has 2 N–H and O–H groups in total. The van der Waals surface area contributed by atoms with E-state index in [1.807, 2.05) is 0 Å². The van der Waals surface area contributed by atoms with Crippen molar-refractivity contribution in [1.29, 1.82) is 0 Å². The summed E-state index contributed by atoms with van der Waals surface area (Å²) in [5.74, 6) is -1.58. The van der Waals surface area contributed by atoms with Crippen LogP contribution in [0.1, 0.15) is 19.8 Å². The first kappa shape index (κ1) is 17.3. The van der Waals surface area contributed by atoms with Gasteiger partial charge in [0, 0.05) is 18.6 Å². The number of carbonyl (C=O) groups excluding carboxylic acids is 4. The average molecular weight is 289 g/mol. The maximum absolute atomic E-state index is 11.2. The lowest BCUT2D eigenvalue weighted by atomic mass is 10.1. The fourth-order valence-corrected chi connectivity index (χ4v) is 1.22. The van der Waals surface area contributed by atoms with Crippen LogP contribution in [0.3, 0.4) is 0 Å². The van der Waals surface area contributed by atoms with E-state index in [1.54, 1.807) is 0 Å². The molecule has 0 aromatic heterocycles. The number of esters is 1. The lowest BCUT2D eigenvalue weighted by Gasteiger charge is -2.05. The van der Waals surface area contributed by atoms with Crippen molar-refractivity contribution in [2.24, 2.45) is 5.73 Å². The number of methoxy groups -OCH3 is 1. The Labute approximate surface area is 114 Å². The Kier molecular flexibility index (Phi) is 8.47. The highest BCUT2D eigenvalue weighted by atomic mass is 32.2. The predicted molar refractivity (Wildman–Crippen MR) is 67.7 cm³/mol. The molecule has 0 heterocycles. The van der Waals surface area contributed by atoms with Crippen LogP contribution in [0.5, 0.6) is 0 Å². The van der Waals surface area contributed by atoms with Crippen LogP contribution in [-0.4, -0.2) is 36.0 Å². The summed E-state index contributed by atoms with van der Waals surface area (Å²) < 4.78 is 8.83. The summed E-state index contributed by atoms with van der Waals surface area (Å²) in [6, 6.07) is -0.715. The molecule has 0 saturated heterocycles. The minimum absolute atomic E-state index is 0.0677. The summed E-state index contributed by atoms with van der Waals surface area (Å²) in [5, 5.41) is -0.630. The van der Waals surface area contributed by atoms with Gasteiger partial charge in [0.05, 0.1) is 13.2 Å². The molecule has 0 aliphatic carbocycles. The fraction of sp³-hybridized carbons (Fsp3) is 0.455. The number of hydrogen-bond acceptors (Lipinski definition) is 8. The molecule has 0 fully saturated rings. The van der Waals surface area contributed by atoms with Gasteiger partial charge in [0.25, 0.3) is 5.12 Å². The molecule has 0 bridgehead atoms. The van der Waals surface area contributed by atoms with E-state index in [0.717, 1.165) is 12.2 Å². The van der Waals surface area contributed by atoms with Gasteiger partial charge in [-0.1, -0.05) is 0 Å². The van der Waals surface area contributed by atoms with Crippen LogP contribution in [0, 0.1) is 0 Å². The molecule has 8 heteroatoms. The SMILES string of the molecule is COC(=O)/C=C/C(=O)SOC(=O)CCC(N)C(C)=O. The van der Waals surface area contributed by atoms with Gasteiger partial charge in [0.2, 0.25) is 0 Å². The van der Waals surface area contributed by atoms with Gasteiger partial charge in [-0.15, -0.1) is 0 Å². The van der Waals surface area contributed by atoms with Gasteiger partial charge in [-0.25, -0.2) is 4.79 Å². The summed E-state index contributed by atoms with van der Waals surface area (Å²) >= 11 is 0.288. The van der Waals surface area contributed by atoms with Crippen molar-refractivity contribution in [3.05, 3.63) is 12.2 Å².